The molecule has 1 aliphatic carbocycles. The zero-order valence-corrected chi connectivity index (χ0v) is 12.0. The lowest BCUT2D eigenvalue weighted by atomic mass is 9.96. The molecular weight excluding hydrogens is 251 g/mol. The molecule has 1 N–H and O–H groups in total. The summed E-state index contributed by atoms with van der Waals surface area (Å²) in [6.45, 7) is 3.97. The molecule has 2 nitrogen and oxygen atoms in total. The Labute approximate surface area is 119 Å². The van der Waals surface area contributed by atoms with E-state index in [2.05, 4.69) is 41.1 Å². The number of nitrogens with one attached hydrogen (secondary N) is 1. The highest BCUT2D eigenvalue weighted by molar-refractivity contribution is 5.84. The molecule has 0 unspecified atom stereocenters. The molecule has 2 aliphatic rings. The maximum absolute atomic E-state index is 13.1. The molecule has 0 bridgehead atoms. The van der Waals surface area contributed by atoms with Gasteiger partial charge in [-0.05, 0) is 37.8 Å². The number of benzene rings is 1. The van der Waals surface area contributed by atoms with E-state index in [1.807, 2.05) is 0 Å². The van der Waals surface area contributed by atoms with Crippen LogP contribution in [0.25, 0.3) is 10.9 Å². The predicted molar refractivity (Wildman–Crippen MR) is 79.5 cm³/mol. The molecular formula is C17H21FN2. The molecule has 1 aromatic carbocycles. The molecule has 1 fully saturated rings. The smallest absolute Gasteiger partial charge is 0.0962 e. The number of halogens is 1. The van der Waals surface area contributed by atoms with E-state index in [0.717, 1.165) is 32.4 Å². The van der Waals surface area contributed by atoms with E-state index in [9.17, 15) is 4.39 Å². The van der Waals surface area contributed by atoms with Crippen molar-refractivity contribution >= 4 is 10.9 Å². The first-order valence-corrected chi connectivity index (χ1v) is 7.59. The van der Waals surface area contributed by atoms with Gasteiger partial charge in [0.25, 0.3) is 0 Å². The van der Waals surface area contributed by atoms with Gasteiger partial charge in [0, 0.05) is 41.1 Å². The Kier molecular flexibility index (Phi) is 2.68. The third kappa shape index (κ3) is 1.87. The molecule has 2 aromatic rings. The van der Waals surface area contributed by atoms with Gasteiger partial charge in [-0.1, -0.05) is 18.2 Å². The molecule has 0 amide bonds. The standard InChI is InChI=1S/C17H21FN2/c1-12-8-14-13-4-2-3-5-15(13)19-16(14)9-20(12)11-17(10-18)6-7-17/h2-5,12,19H,6-11H2,1H3/t12-/m1/s1. The quantitative estimate of drug-likeness (QED) is 0.903. The monoisotopic (exact) mass is 272 g/mol. The van der Waals surface area contributed by atoms with E-state index in [4.69, 9.17) is 0 Å². The Morgan fingerprint density at radius 3 is 2.90 bits per heavy atom. The van der Waals surface area contributed by atoms with E-state index < -0.39 is 0 Å². The van der Waals surface area contributed by atoms with Gasteiger partial charge in [-0.25, -0.2) is 0 Å². The van der Waals surface area contributed by atoms with Crippen LogP contribution < -0.4 is 0 Å². The molecule has 4 rings (SSSR count). The van der Waals surface area contributed by atoms with Gasteiger partial charge < -0.3 is 4.98 Å². The Hall–Kier alpha value is -1.35. The van der Waals surface area contributed by atoms with Crippen molar-refractivity contribution in [3.05, 3.63) is 35.5 Å². The van der Waals surface area contributed by atoms with Crippen LogP contribution in [0, 0.1) is 5.41 Å². The lowest BCUT2D eigenvalue weighted by Gasteiger charge is -2.35. The van der Waals surface area contributed by atoms with E-state index >= 15 is 0 Å². The number of H-pyrrole nitrogens is 1. The second kappa shape index (κ2) is 4.32. The van der Waals surface area contributed by atoms with Gasteiger partial charge in [-0.15, -0.1) is 0 Å². The average Bonchev–Trinajstić information content (AvgIpc) is 3.15. The van der Waals surface area contributed by atoms with Gasteiger partial charge in [0.1, 0.15) is 0 Å². The minimum absolute atomic E-state index is 0.0161. The van der Waals surface area contributed by atoms with Crippen LogP contribution in [-0.2, 0) is 13.0 Å². The van der Waals surface area contributed by atoms with E-state index in [1.165, 1.54) is 22.2 Å². The minimum Gasteiger partial charge on any atom is -0.357 e. The Bertz CT molecular complexity index is 641. The molecule has 106 valence electrons. The van der Waals surface area contributed by atoms with E-state index in [0.29, 0.717) is 6.04 Å². The van der Waals surface area contributed by atoms with Crippen LogP contribution in [0.3, 0.4) is 0 Å². The van der Waals surface area contributed by atoms with E-state index in [1.54, 1.807) is 0 Å². The predicted octanol–water partition coefficient (Wildman–Crippen LogP) is 3.66. The van der Waals surface area contributed by atoms with Crippen molar-refractivity contribution in [2.24, 2.45) is 5.41 Å². The summed E-state index contributed by atoms with van der Waals surface area (Å²) in [4.78, 5) is 6.02. The molecule has 1 aliphatic heterocycles. The zero-order chi connectivity index (χ0) is 13.7. The van der Waals surface area contributed by atoms with Crippen molar-refractivity contribution in [2.75, 3.05) is 13.2 Å². The first kappa shape index (κ1) is 12.4. The van der Waals surface area contributed by atoms with Gasteiger partial charge >= 0.3 is 0 Å². The number of fused-ring (bicyclic) bond motifs is 3. The van der Waals surface area contributed by atoms with Crippen molar-refractivity contribution in [2.45, 2.75) is 38.8 Å². The highest BCUT2D eigenvalue weighted by atomic mass is 19.1. The highest BCUT2D eigenvalue weighted by Crippen LogP contribution is 2.47. The Balaban J connectivity index is 1.65. The van der Waals surface area contributed by atoms with Crippen molar-refractivity contribution in [1.29, 1.82) is 0 Å². The molecule has 2 heterocycles. The number of nitrogens with zero attached hydrogens (tertiary/aromatic N) is 1. The normalized spacial score (nSPS) is 24.8. The summed E-state index contributed by atoms with van der Waals surface area (Å²) in [6, 6.07) is 9.04. The van der Waals surface area contributed by atoms with Crippen LogP contribution in [0.4, 0.5) is 4.39 Å². The van der Waals surface area contributed by atoms with Crippen molar-refractivity contribution in [3.63, 3.8) is 0 Å². The number of hydrogen-bond donors (Lipinski definition) is 1. The summed E-state index contributed by atoms with van der Waals surface area (Å²) < 4.78 is 13.1. The molecule has 3 heteroatoms. The summed E-state index contributed by atoms with van der Waals surface area (Å²) in [7, 11) is 0. The summed E-state index contributed by atoms with van der Waals surface area (Å²) in [5.41, 5.74) is 4.02. The Morgan fingerprint density at radius 2 is 2.15 bits per heavy atom. The first-order valence-electron chi connectivity index (χ1n) is 7.59. The molecule has 1 atom stereocenters. The summed E-state index contributed by atoms with van der Waals surface area (Å²) in [5.74, 6) is 0. The first-order chi connectivity index (χ1) is 9.71. The third-order valence-corrected chi connectivity index (χ3v) is 5.17. The molecule has 0 spiro atoms. The van der Waals surface area contributed by atoms with Gasteiger partial charge in [0.15, 0.2) is 0 Å². The lowest BCUT2D eigenvalue weighted by Crippen LogP contribution is -2.42. The topological polar surface area (TPSA) is 19.0 Å². The van der Waals surface area contributed by atoms with Crippen LogP contribution in [0.1, 0.15) is 31.0 Å². The molecule has 20 heavy (non-hydrogen) atoms. The van der Waals surface area contributed by atoms with Crippen molar-refractivity contribution in [1.82, 2.24) is 9.88 Å². The van der Waals surface area contributed by atoms with Crippen molar-refractivity contribution < 1.29 is 4.39 Å². The average molecular weight is 272 g/mol. The summed E-state index contributed by atoms with van der Waals surface area (Å²) >= 11 is 0. The fourth-order valence-electron chi connectivity index (χ4n) is 3.56. The Morgan fingerprint density at radius 1 is 1.35 bits per heavy atom. The van der Waals surface area contributed by atoms with Gasteiger partial charge in [0.2, 0.25) is 0 Å². The number of aromatic nitrogens is 1. The number of aromatic amines is 1. The fraction of sp³-hybridized carbons (Fsp3) is 0.529. The molecule has 0 radical (unpaired) electrons. The summed E-state index contributed by atoms with van der Waals surface area (Å²) in [5, 5.41) is 1.36. The second-order valence-electron chi connectivity index (χ2n) is 6.72. The maximum atomic E-state index is 13.1. The van der Waals surface area contributed by atoms with Crippen LogP contribution in [0.5, 0.6) is 0 Å². The summed E-state index contributed by atoms with van der Waals surface area (Å²) in [6.07, 6.45) is 3.19. The fourth-order valence-corrected chi connectivity index (χ4v) is 3.56. The lowest BCUT2D eigenvalue weighted by molar-refractivity contribution is 0.132. The highest BCUT2D eigenvalue weighted by Gasteiger charge is 2.45. The SMILES string of the molecule is C[C@@H]1Cc2c([nH]c3ccccc23)CN1CC1(CF)CC1. The number of rotatable bonds is 3. The van der Waals surface area contributed by atoms with Gasteiger partial charge in [0.05, 0.1) is 6.67 Å². The van der Waals surface area contributed by atoms with Crippen molar-refractivity contribution in [3.8, 4) is 0 Å². The molecule has 1 aromatic heterocycles. The van der Waals surface area contributed by atoms with E-state index in [-0.39, 0.29) is 12.1 Å². The van der Waals surface area contributed by atoms with Crippen LogP contribution in [0.15, 0.2) is 24.3 Å². The largest absolute Gasteiger partial charge is 0.357 e. The molecule has 1 saturated carbocycles. The minimum atomic E-state index is -0.157. The van der Waals surface area contributed by atoms with Crippen LogP contribution in [0.2, 0.25) is 0 Å². The number of hydrogen-bond acceptors (Lipinski definition) is 1. The number of para-hydroxylation sites is 1. The van der Waals surface area contributed by atoms with Gasteiger partial charge in [-0.2, -0.15) is 0 Å². The third-order valence-electron chi connectivity index (χ3n) is 5.17. The molecule has 0 saturated heterocycles. The van der Waals surface area contributed by atoms with Crippen LogP contribution in [-0.4, -0.2) is 29.1 Å². The van der Waals surface area contributed by atoms with Crippen LogP contribution >= 0.6 is 0 Å². The number of alkyl halides is 1. The van der Waals surface area contributed by atoms with Gasteiger partial charge in [-0.3, -0.25) is 9.29 Å². The maximum Gasteiger partial charge on any atom is 0.0962 e. The second-order valence-corrected chi connectivity index (χ2v) is 6.72. The zero-order valence-electron chi connectivity index (χ0n) is 12.0.